The Morgan fingerprint density at radius 2 is 1.96 bits per heavy atom. The largest absolute Gasteiger partial charge is 0.487 e. The molecule has 0 spiro atoms. The molecule has 0 unspecified atom stereocenters. The molecule has 0 fully saturated rings. The molecule has 1 heterocycles. The summed E-state index contributed by atoms with van der Waals surface area (Å²) in [6.07, 6.45) is 4.76. The van der Waals surface area contributed by atoms with E-state index in [0.717, 1.165) is 11.1 Å². The molecular formula is C17H13Cl2N3O. The first-order valence-electron chi connectivity index (χ1n) is 6.90. The minimum Gasteiger partial charge on any atom is -0.487 e. The Hall–Kier alpha value is -2.30. The zero-order valence-electron chi connectivity index (χ0n) is 12.1. The average Bonchev–Trinajstić information content (AvgIpc) is 3.06. The van der Waals surface area contributed by atoms with Crippen LogP contribution in [0.4, 0.5) is 0 Å². The molecule has 3 aromatic rings. The van der Waals surface area contributed by atoms with Crippen molar-refractivity contribution in [1.29, 1.82) is 0 Å². The summed E-state index contributed by atoms with van der Waals surface area (Å²) in [6, 6.07) is 15.2. The van der Waals surface area contributed by atoms with Crippen molar-refractivity contribution in [1.82, 2.24) is 14.8 Å². The highest BCUT2D eigenvalue weighted by Gasteiger charge is 2.10. The van der Waals surface area contributed by atoms with Crippen LogP contribution in [-0.2, 0) is 11.3 Å². The summed E-state index contributed by atoms with van der Waals surface area (Å²) in [4.78, 5) is 3.92. The van der Waals surface area contributed by atoms with E-state index in [-0.39, 0.29) is 0 Å². The first-order chi connectivity index (χ1) is 11.2. The number of ether oxygens (including phenoxy) is 1. The van der Waals surface area contributed by atoms with Gasteiger partial charge in [0.25, 0.3) is 0 Å². The van der Waals surface area contributed by atoms with E-state index >= 15 is 0 Å². The number of nitrogens with zero attached hydrogens (tertiary/aromatic N) is 3. The van der Waals surface area contributed by atoms with Crippen molar-refractivity contribution in [3.8, 4) is 0 Å². The molecule has 4 nitrogen and oxygen atoms in total. The highest BCUT2D eigenvalue weighted by molar-refractivity contribution is 6.35. The SMILES string of the molecule is Clc1ccc(C(=Cn2cncn2)OCc2ccccc2)c(Cl)c1. The van der Waals surface area contributed by atoms with Crippen molar-refractivity contribution >= 4 is 35.2 Å². The number of halogens is 2. The molecule has 0 radical (unpaired) electrons. The smallest absolute Gasteiger partial charge is 0.146 e. The molecule has 0 amide bonds. The molecule has 0 N–H and O–H groups in total. The minimum absolute atomic E-state index is 0.417. The van der Waals surface area contributed by atoms with Gasteiger partial charge in [-0.25, -0.2) is 9.67 Å². The maximum Gasteiger partial charge on any atom is 0.146 e. The van der Waals surface area contributed by atoms with E-state index in [1.165, 1.54) is 6.33 Å². The third-order valence-corrected chi connectivity index (χ3v) is 3.67. The van der Waals surface area contributed by atoms with E-state index < -0.39 is 0 Å². The lowest BCUT2D eigenvalue weighted by Gasteiger charge is -2.12. The van der Waals surface area contributed by atoms with Gasteiger partial charge in [-0.05, 0) is 23.8 Å². The second kappa shape index (κ2) is 7.31. The van der Waals surface area contributed by atoms with Crippen LogP contribution in [0.5, 0.6) is 0 Å². The maximum absolute atomic E-state index is 6.30. The summed E-state index contributed by atoms with van der Waals surface area (Å²) < 4.78 is 7.51. The van der Waals surface area contributed by atoms with Crippen LogP contribution in [0.3, 0.4) is 0 Å². The van der Waals surface area contributed by atoms with Crippen LogP contribution < -0.4 is 0 Å². The third-order valence-electron chi connectivity index (χ3n) is 3.12. The lowest BCUT2D eigenvalue weighted by molar-refractivity contribution is 0.265. The normalized spacial score (nSPS) is 11.5. The van der Waals surface area contributed by atoms with E-state index in [2.05, 4.69) is 10.1 Å². The zero-order valence-corrected chi connectivity index (χ0v) is 13.6. The first kappa shape index (κ1) is 15.6. The fourth-order valence-corrected chi connectivity index (χ4v) is 2.51. The molecule has 23 heavy (non-hydrogen) atoms. The van der Waals surface area contributed by atoms with Gasteiger partial charge in [0.15, 0.2) is 0 Å². The molecule has 0 atom stereocenters. The number of hydrogen-bond donors (Lipinski definition) is 0. The molecule has 0 saturated heterocycles. The Morgan fingerprint density at radius 3 is 2.65 bits per heavy atom. The fraction of sp³-hybridized carbons (Fsp3) is 0.0588. The molecule has 0 aliphatic carbocycles. The van der Waals surface area contributed by atoms with Crippen LogP contribution in [-0.4, -0.2) is 14.8 Å². The lowest BCUT2D eigenvalue weighted by Crippen LogP contribution is -1.98. The number of aromatic nitrogens is 3. The molecule has 116 valence electrons. The minimum atomic E-state index is 0.417. The van der Waals surface area contributed by atoms with Crippen molar-refractivity contribution in [2.75, 3.05) is 0 Å². The van der Waals surface area contributed by atoms with Crippen molar-refractivity contribution in [2.45, 2.75) is 6.61 Å². The Kier molecular flexibility index (Phi) is 4.95. The van der Waals surface area contributed by atoms with Crippen LogP contribution in [0.15, 0.2) is 61.2 Å². The van der Waals surface area contributed by atoms with Crippen LogP contribution in [0.25, 0.3) is 12.0 Å². The highest BCUT2D eigenvalue weighted by Crippen LogP contribution is 2.29. The van der Waals surface area contributed by atoms with Gasteiger partial charge in [-0.15, -0.1) is 0 Å². The molecule has 0 bridgehead atoms. The second-order valence-electron chi connectivity index (χ2n) is 4.77. The zero-order chi connectivity index (χ0) is 16.1. The van der Waals surface area contributed by atoms with Crippen molar-refractivity contribution < 1.29 is 4.74 Å². The quantitative estimate of drug-likeness (QED) is 0.626. The summed E-state index contributed by atoms with van der Waals surface area (Å²) in [5.41, 5.74) is 1.80. The van der Waals surface area contributed by atoms with Gasteiger partial charge in [-0.3, -0.25) is 0 Å². The number of hydrogen-bond acceptors (Lipinski definition) is 3. The monoisotopic (exact) mass is 345 g/mol. The second-order valence-corrected chi connectivity index (χ2v) is 5.61. The molecule has 0 aliphatic heterocycles. The topological polar surface area (TPSA) is 39.9 Å². The molecule has 0 aliphatic rings. The standard InChI is InChI=1S/C17H13Cl2N3O/c18-14-6-7-15(16(19)8-14)17(9-22-12-20-11-21-22)23-10-13-4-2-1-3-5-13/h1-9,11-12H,10H2. The summed E-state index contributed by atoms with van der Waals surface area (Å²) in [6.45, 7) is 0.417. The fourth-order valence-electron chi connectivity index (χ4n) is 2.01. The molecule has 6 heteroatoms. The van der Waals surface area contributed by atoms with E-state index in [4.69, 9.17) is 27.9 Å². The Bertz CT molecular complexity index is 802. The van der Waals surface area contributed by atoms with E-state index in [1.807, 2.05) is 36.4 Å². The predicted molar refractivity (Wildman–Crippen MR) is 91.9 cm³/mol. The van der Waals surface area contributed by atoms with Crippen LogP contribution in [0.1, 0.15) is 11.1 Å². The van der Waals surface area contributed by atoms with Crippen molar-refractivity contribution in [3.05, 3.63) is 82.4 Å². The van der Waals surface area contributed by atoms with Gasteiger partial charge in [-0.2, -0.15) is 5.10 Å². The van der Waals surface area contributed by atoms with E-state index in [0.29, 0.717) is 22.4 Å². The van der Waals surface area contributed by atoms with E-state index in [9.17, 15) is 0 Å². The summed E-state index contributed by atoms with van der Waals surface area (Å²) in [5.74, 6) is 0.584. The number of benzene rings is 2. The summed E-state index contributed by atoms with van der Waals surface area (Å²) in [5, 5.41) is 5.15. The van der Waals surface area contributed by atoms with Crippen LogP contribution in [0.2, 0.25) is 10.0 Å². The van der Waals surface area contributed by atoms with Crippen molar-refractivity contribution in [3.63, 3.8) is 0 Å². The third kappa shape index (κ3) is 4.12. The molecule has 3 rings (SSSR count). The van der Waals surface area contributed by atoms with Gasteiger partial charge in [-0.1, -0.05) is 53.5 Å². The Labute approximate surface area is 143 Å². The van der Waals surface area contributed by atoms with Gasteiger partial charge in [0.2, 0.25) is 0 Å². The van der Waals surface area contributed by atoms with Gasteiger partial charge in [0.05, 0.1) is 11.2 Å². The first-order valence-corrected chi connectivity index (χ1v) is 7.66. The van der Waals surface area contributed by atoms with Gasteiger partial charge < -0.3 is 4.74 Å². The highest BCUT2D eigenvalue weighted by atomic mass is 35.5. The van der Waals surface area contributed by atoms with Gasteiger partial charge in [0, 0.05) is 10.6 Å². The Balaban J connectivity index is 1.90. The van der Waals surface area contributed by atoms with Crippen molar-refractivity contribution in [2.24, 2.45) is 0 Å². The Morgan fingerprint density at radius 1 is 1.13 bits per heavy atom. The summed E-state index contributed by atoms with van der Waals surface area (Å²) in [7, 11) is 0. The molecule has 0 saturated carbocycles. The van der Waals surface area contributed by atoms with E-state index in [1.54, 1.807) is 29.3 Å². The predicted octanol–water partition coefficient (Wildman–Crippen LogP) is 4.76. The lowest BCUT2D eigenvalue weighted by atomic mass is 10.2. The molecule has 2 aromatic carbocycles. The van der Waals surface area contributed by atoms with Gasteiger partial charge >= 0.3 is 0 Å². The maximum atomic E-state index is 6.30. The van der Waals surface area contributed by atoms with Crippen LogP contribution in [0, 0.1) is 0 Å². The molecule has 1 aromatic heterocycles. The number of rotatable bonds is 5. The van der Waals surface area contributed by atoms with Crippen LogP contribution >= 0.6 is 23.2 Å². The summed E-state index contributed by atoms with van der Waals surface area (Å²) >= 11 is 12.3. The molecular weight excluding hydrogens is 333 g/mol. The van der Waals surface area contributed by atoms with Gasteiger partial charge in [0.1, 0.15) is 25.0 Å². The average molecular weight is 346 g/mol.